The molecule has 0 unspecified atom stereocenters. The summed E-state index contributed by atoms with van der Waals surface area (Å²) >= 11 is 0. The van der Waals surface area contributed by atoms with Crippen LogP contribution in [-0.2, 0) is 36.9 Å². The number of aliphatic carboxylic acids is 2. The third kappa shape index (κ3) is 4.94. The average Bonchev–Trinajstić information content (AvgIpc) is 1.74. The minimum Gasteiger partial charge on any atom is -0.550 e. The standard InChI is InChI=1S/2C5H8O2.Cd/c2*6-5(7)4-2-1-3-4;/h2*4H,1-3H2,(H,6,7);/q;;+2/p-2. The molecule has 0 bridgehead atoms. The van der Waals surface area contributed by atoms with Crippen molar-refractivity contribution in [3.05, 3.63) is 0 Å². The molecule has 2 aliphatic rings. The summed E-state index contributed by atoms with van der Waals surface area (Å²) in [4.78, 5) is 19.7. The smallest absolute Gasteiger partial charge is 0.550 e. The molecule has 2 fully saturated rings. The Bertz CT molecular complexity index is 197. The summed E-state index contributed by atoms with van der Waals surface area (Å²) in [5, 5.41) is 19.7. The van der Waals surface area contributed by atoms with E-state index in [1.165, 1.54) is 0 Å². The Morgan fingerprint density at radius 1 is 0.800 bits per heavy atom. The van der Waals surface area contributed by atoms with Crippen LogP contribution < -0.4 is 10.2 Å². The van der Waals surface area contributed by atoms with E-state index in [2.05, 4.69) is 0 Å². The van der Waals surface area contributed by atoms with Crippen LogP contribution in [0, 0.1) is 11.8 Å². The second kappa shape index (κ2) is 7.19. The zero-order chi connectivity index (χ0) is 10.6. The number of rotatable bonds is 2. The van der Waals surface area contributed by atoms with Crippen LogP contribution in [0.2, 0.25) is 0 Å². The van der Waals surface area contributed by atoms with Gasteiger partial charge in [-0.15, -0.1) is 0 Å². The molecule has 5 heteroatoms. The van der Waals surface area contributed by atoms with E-state index in [-0.39, 0.29) is 39.1 Å². The van der Waals surface area contributed by atoms with Gasteiger partial charge in [0.05, 0.1) is 0 Å². The van der Waals surface area contributed by atoms with E-state index in [0.717, 1.165) is 38.5 Å². The van der Waals surface area contributed by atoms with Gasteiger partial charge in [0.15, 0.2) is 0 Å². The van der Waals surface area contributed by atoms with Gasteiger partial charge < -0.3 is 19.8 Å². The first-order valence-corrected chi connectivity index (χ1v) is 5.03. The Kier molecular flexibility index (Phi) is 7.12. The van der Waals surface area contributed by atoms with Gasteiger partial charge in [-0.1, -0.05) is 12.8 Å². The van der Waals surface area contributed by atoms with Gasteiger partial charge in [-0.3, -0.25) is 0 Å². The van der Waals surface area contributed by atoms with Gasteiger partial charge >= 0.3 is 27.3 Å². The molecule has 0 aromatic rings. The van der Waals surface area contributed by atoms with E-state index in [0.29, 0.717) is 0 Å². The van der Waals surface area contributed by atoms with Crippen molar-refractivity contribution in [2.75, 3.05) is 0 Å². The number of carboxylic acids is 2. The molecule has 0 aliphatic heterocycles. The van der Waals surface area contributed by atoms with E-state index < -0.39 is 11.9 Å². The van der Waals surface area contributed by atoms with Gasteiger partial charge in [0.1, 0.15) is 0 Å². The fourth-order valence-corrected chi connectivity index (χ4v) is 1.29. The van der Waals surface area contributed by atoms with Gasteiger partial charge in [-0.05, 0) is 37.5 Å². The van der Waals surface area contributed by atoms with Gasteiger partial charge in [0.25, 0.3) is 0 Å². The van der Waals surface area contributed by atoms with E-state index >= 15 is 0 Å². The molecular weight excluding hydrogens is 297 g/mol. The Hall–Kier alpha value is -0.138. The number of carbonyl (C=O) groups is 2. The molecule has 0 amide bonds. The second-order valence-corrected chi connectivity index (χ2v) is 3.89. The predicted molar refractivity (Wildman–Crippen MR) is 44.7 cm³/mol. The summed E-state index contributed by atoms with van der Waals surface area (Å²) in [7, 11) is 0. The van der Waals surface area contributed by atoms with Crippen molar-refractivity contribution < 1.29 is 47.1 Å². The molecule has 0 N–H and O–H groups in total. The third-order valence-electron chi connectivity index (χ3n) is 2.88. The molecule has 0 spiro atoms. The topological polar surface area (TPSA) is 80.3 Å². The fraction of sp³-hybridized carbons (Fsp3) is 0.800. The Morgan fingerprint density at radius 3 is 1.07 bits per heavy atom. The van der Waals surface area contributed by atoms with E-state index in [9.17, 15) is 19.8 Å². The fourth-order valence-electron chi connectivity index (χ4n) is 1.29. The van der Waals surface area contributed by atoms with Crippen LogP contribution in [0.1, 0.15) is 38.5 Å². The predicted octanol–water partition coefficient (Wildman–Crippen LogP) is -0.930. The monoisotopic (exact) mass is 312 g/mol. The van der Waals surface area contributed by atoms with Crippen molar-refractivity contribution >= 4 is 11.9 Å². The maximum atomic E-state index is 9.87. The van der Waals surface area contributed by atoms with Crippen molar-refractivity contribution in [1.82, 2.24) is 0 Å². The normalized spacial score (nSPS) is 19.7. The van der Waals surface area contributed by atoms with Crippen LogP contribution in [0.4, 0.5) is 0 Å². The zero-order valence-electron chi connectivity index (χ0n) is 8.74. The number of hydrogen-bond donors (Lipinski definition) is 0. The van der Waals surface area contributed by atoms with Crippen molar-refractivity contribution in [2.45, 2.75) is 38.5 Å². The molecule has 0 saturated heterocycles. The summed E-state index contributed by atoms with van der Waals surface area (Å²) in [5.41, 5.74) is 0. The minimum atomic E-state index is -0.869. The summed E-state index contributed by atoms with van der Waals surface area (Å²) in [6, 6.07) is 0. The first kappa shape index (κ1) is 14.9. The Morgan fingerprint density at radius 2 is 1.07 bits per heavy atom. The average molecular weight is 311 g/mol. The van der Waals surface area contributed by atoms with Gasteiger partial charge in [-0.2, -0.15) is 0 Å². The number of carboxylic acid groups (broad SMARTS) is 2. The molecule has 4 nitrogen and oxygen atoms in total. The zero-order valence-corrected chi connectivity index (χ0v) is 12.8. The largest absolute Gasteiger partial charge is 2.00 e. The molecule has 0 atom stereocenters. The first-order valence-electron chi connectivity index (χ1n) is 5.03. The van der Waals surface area contributed by atoms with Crippen LogP contribution in [0.15, 0.2) is 0 Å². The molecule has 2 saturated carbocycles. The molecular formula is C10H14CdO4. The number of hydrogen-bond acceptors (Lipinski definition) is 4. The van der Waals surface area contributed by atoms with Crippen LogP contribution in [0.3, 0.4) is 0 Å². The Balaban J connectivity index is 0.000000245. The number of carbonyl (C=O) groups excluding carboxylic acids is 2. The van der Waals surface area contributed by atoms with E-state index in [1.54, 1.807) is 0 Å². The summed E-state index contributed by atoms with van der Waals surface area (Å²) in [6.45, 7) is 0. The van der Waals surface area contributed by atoms with Gasteiger partial charge in [0, 0.05) is 11.9 Å². The van der Waals surface area contributed by atoms with Crippen molar-refractivity contribution in [2.24, 2.45) is 11.8 Å². The molecule has 0 radical (unpaired) electrons. The quantitative estimate of drug-likeness (QED) is 0.617. The van der Waals surface area contributed by atoms with Crippen LogP contribution >= 0.6 is 0 Å². The van der Waals surface area contributed by atoms with Crippen LogP contribution in [0.5, 0.6) is 0 Å². The SMILES string of the molecule is O=C([O-])C1CCC1.O=C([O-])C1CCC1.[Cd+2]. The summed E-state index contributed by atoms with van der Waals surface area (Å²) in [5.74, 6) is -1.96. The maximum absolute atomic E-state index is 9.87. The molecule has 0 aromatic carbocycles. The summed E-state index contributed by atoms with van der Waals surface area (Å²) < 4.78 is 0. The van der Waals surface area contributed by atoms with Crippen LogP contribution in [0.25, 0.3) is 0 Å². The van der Waals surface area contributed by atoms with Gasteiger partial charge in [0.2, 0.25) is 0 Å². The van der Waals surface area contributed by atoms with Crippen LogP contribution in [-0.4, -0.2) is 11.9 Å². The van der Waals surface area contributed by atoms with Gasteiger partial charge in [-0.25, -0.2) is 0 Å². The van der Waals surface area contributed by atoms with Crippen molar-refractivity contribution in [1.29, 1.82) is 0 Å². The first-order chi connectivity index (χ1) is 6.61. The second-order valence-electron chi connectivity index (χ2n) is 3.89. The Labute approximate surface area is 109 Å². The molecule has 80 valence electrons. The van der Waals surface area contributed by atoms with E-state index in [4.69, 9.17) is 0 Å². The minimum absolute atomic E-state index is 0. The molecule has 15 heavy (non-hydrogen) atoms. The summed E-state index contributed by atoms with van der Waals surface area (Å²) in [6.07, 6.45) is 5.48. The third-order valence-corrected chi connectivity index (χ3v) is 2.88. The maximum Gasteiger partial charge on any atom is 2.00 e. The molecule has 0 heterocycles. The van der Waals surface area contributed by atoms with Crippen molar-refractivity contribution in [3.8, 4) is 0 Å². The van der Waals surface area contributed by atoms with E-state index in [1.807, 2.05) is 0 Å². The molecule has 2 aliphatic carbocycles. The van der Waals surface area contributed by atoms with Crippen molar-refractivity contribution in [3.63, 3.8) is 0 Å². The molecule has 0 aromatic heterocycles. The molecule has 2 rings (SSSR count).